The van der Waals surface area contributed by atoms with E-state index in [4.69, 9.17) is 5.26 Å². The molecule has 14 heavy (non-hydrogen) atoms. The van der Waals surface area contributed by atoms with Gasteiger partial charge < -0.3 is 0 Å². The van der Waals surface area contributed by atoms with Crippen LogP contribution in [0.3, 0.4) is 0 Å². The van der Waals surface area contributed by atoms with Crippen molar-refractivity contribution in [3.05, 3.63) is 39.9 Å². The lowest BCUT2D eigenvalue weighted by atomic mass is 10.1. The summed E-state index contributed by atoms with van der Waals surface area (Å²) < 4.78 is 0. The lowest BCUT2D eigenvalue weighted by Gasteiger charge is -1.93. The molecule has 1 aromatic carbocycles. The predicted octanol–water partition coefficient (Wildman–Crippen LogP) is 2.69. The molecule has 0 N–H and O–H groups in total. The zero-order valence-electron chi connectivity index (χ0n) is 8.23. The fourth-order valence-corrected chi connectivity index (χ4v) is 0.871. The Balaban J connectivity index is 0.000000791. The van der Waals surface area contributed by atoms with Crippen molar-refractivity contribution in [2.75, 3.05) is 0 Å². The van der Waals surface area contributed by atoms with Gasteiger partial charge in [-0.3, -0.25) is 10.1 Å². The molecule has 1 rings (SSSR count). The Kier molecular flexibility index (Phi) is 5.72. The molecule has 0 radical (unpaired) electrons. The summed E-state index contributed by atoms with van der Waals surface area (Å²) in [7, 11) is 0. The van der Waals surface area contributed by atoms with E-state index in [0.29, 0.717) is 5.56 Å². The maximum absolute atomic E-state index is 10.3. The Bertz CT molecular complexity index is 342. The highest BCUT2D eigenvalue weighted by Crippen LogP contribution is 2.12. The summed E-state index contributed by atoms with van der Waals surface area (Å²) in [6, 6.07) is 8.00. The number of nitriles is 1. The molecule has 0 saturated heterocycles. The topological polar surface area (TPSA) is 66.9 Å². The van der Waals surface area contributed by atoms with Gasteiger partial charge in [0, 0.05) is 12.1 Å². The van der Waals surface area contributed by atoms with Crippen LogP contribution in [0.25, 0.3) is 0 Å². The first-order valence-electron chi connectivity index (χ1n) is 4.34. The second kappa shape index (κ2) is 6.61. The Labute approximate surface area is 82.9 Å². The minimum absolute atomic E-state index is 0.0303. The minimum atomic E-state index is -0.471. The molecule has 0 heterocycles. The molecule has 0 aliphatic heterocycles. The molecule has 0 bridgehead atoms. The van der Waals surface area contributed by atoms with Crippen LogP contribution in [0.1, 0.15) is 19.4 Å². The van der Waals surface area contributed by atoms with Crippen LogP contribution in [0.15, 0.2) is 24.3 Å². The highest BCUT2D eigenvalue weighted by Gasteiger charge is 2.04. The SMILES string of the molecule is CC.N#CCc1cccc([N+](=O)[O-])c1. The normalized spacial score (nSPS) is 8.07. The van der Waals surface area contributed by atoms with Gasteiger partial charge in [0.25, 0.3) is 5.69 Å². The van der Waals surface area contributed by atoms with E-state index in [2.05, 4.69) is 0 Å². The van der Waals surface area contributed by atoms with Gasteiger partial charge in [-0.2, -0.15) is 5.26 Å². The molecule has 4 heteroatoms. The Morgan fingerprint density at radius 3 is 2.64 bits per heavy atom. The fraction of sp³-hybridized carbons (Fsp3) is 0.300. The van der Waals surface area contributed by atoms with Gasteiger partial charge >= 0.3 is 0 Å². The molecule has 0 aliphatic carbocycles. The lowest BCUT2D eigenvalue weighted by Crippen LogP contribution is -1.89. The van der Waals surface area contributed by atoms with Gasteiger partial charge in [-0.25, -0.2) is 0 Å². The summed E-state index contributed by atoms with van der Waals surface area (Å²) in [5.41, 5.74) is 0.703. The van der Waals surface area contributed by atoms with Gasteiger partial charge in [-0.1, -0.05) is 26.0 Å². The highest BCUT2D eigenvalue weighted by atomic mass is 16.6. The molecular weight excluding hydrogens is 180 g/mol. The van der Waals surface area contributed by atoms with Crippen LogP contribution < -0.4 is 0 Å². The third-order valence-electron chi connectivity index (χ3n) is 1.40. The third-order valence-corrected chi connectivity index (χ3v) is 1.40. The number of hydrogen-bond acceptors (Lipinski definition) is 3. The van der Waals surface area contributed by atoms with Crippen molar-refractivity contribution < 1.29 is 4.92 Å². The van der Waals surface area contributed by atoms with Gasteiger partial charge in [0.15, 0.2) is 0 Å². The van der Waals surface area contributed by atoms with Crippen LogP contribution in [0.2, 0.25) is 0 Å². The summed E-state index contributed by atoms with van der Waals surface area (Å²) in [6.07, 6.45) is 0.210. The van der Waals surface area contributed by atoms with Crippen molar-refractivity contribution in [1.82, 2.24) is 0 Å². The average molecular weight is 192 g/mol. The van der Waals surface area contributed by atoms with Gasteiger partial charge in [0.1, 0.15) is 0 Å². The monoisotopic (exact) mass is 192 g/mol. The van der Waals surface area contributed by atoms with Crippen molar-refractivity contribution in [2.45, 2.75) is 20.3 Å². The zero-order chi connectivity index (χ0) is 11.0. The standard InChI is InChI=1S/C8H6N2O2.C2H6/c9-5-4-7-2-1-3-8(6-7)10(11)12;1-2/h1-3,6H,4H2;1-2H3. The average Bonchev–Trinajstić information content (AvgIpc) is 2.22. The van der Waals surface area contributed by atoms with Gasteiger partial charge in [-0.05, 0) is 5.56 Å². The van der Waals surface area contributed by atoms with E-state index >= 15 is 0 Å². The number of nitrogens with zero attached hydrogens (tertiary/aromatic N) is 2. The first-order valence-corrected chi connectivity index (χ1v) is 4.34. The summed E-state index contributed by atoms with van der Waals surface area (Å²) in [6.45, 7) is 4.00. The molecule has 0 aliphatic rings. The van der Waals surface area contributed by atoms with E-state index < -0.39 is 4.92 Å². The Hall–Kier alpha value is -1.89. The fourth-order valence-electron chi connectivity index (χ4n) is 0.871. The van der Waals surface area contributed by atoms with Crippen LogP contribution in [0.4, 0.5) is 5.69 Å². The summed E-state index contributed by atoms with van der Waals surface area (Å²) in [4.78, 5) is 9.81. The van der Waals surface area contributed by atoms with Crippen LogP contribution in [0.5, 0.6) is 0 Å². The summed E-state index contributed by atoms with van der Waals surface area (Å²) in [5.74, 6) is 0. The van der Waals surface area contributed by atoms with Gasteiger partial charge in [0.05, 0.1) is 17.4 Å². The zero-order valence-corrected chi connectivity index (χ0v) is 8.23. The van der Waals surface area contributed by atoms with Crippen LogP contribution in [-0.2, 0) is 6.42 Å². The van der Waals surface area contributed by atoms with Crippen LogP contribution in [0, 0.1) is 21.4 Å². The molecule has 4 nitrogen and oxygen atoms in total. The first-order chi connectivity index (χ1) is 6.74. The molecule has 74 valence electrons. The number of nitro benzene ring substituents is 1. The van der Waals surface area contributed by atoms with Gasteiger partial charge in [0.2, 0.25) is 0 Å². The quantitative estimate of drug-likeness (QED) is 0.534. The minimum Gasteiger partial charge on any atom is -0.258 e. The number of rotatable bonds is 2. The van der Waals surface area contributed by atoms with E-state index in [0.717, 1.165) is 0 Å². The molecule has 0 saturated carbocycles. The van der Waals surface area contributed by atoms with E-state index in [9.17, 15) is 10.1 Å². The van der Waals surface area contributed by atoms with Crippen molar-refractivity contribution >= 4 is 5.69 Å². The van der Waals surface area contributed by atoms with Crippen LogP contribution >= 0.6 is 0 Å². The number of hydrogen-bond donors (Lipinski definition) is 0. The molecule has 0 atom stereocenters. The van der Waals surface area contributed by atoms with E-state index in [1.165, 1.54) is 12.1 Å². The number of nitro groups is 1. The first kappa shape index (κ1) is 12.1. The second-order valence-electron chi connectivity index (χ2n) is 2.26. The third kappa shape index (κ3) is 3.68. The molecule has 0 amide bonds. The Morgan fingerprint density at radius 2 is 2.14 bits per heavy atom. The van der Waals surface area contributed by atoms with Crippen molar-refractivity contribution in [3.63, 3.8) is 0 Å². The molecule has 0 aromatic heterocycles. The van der Waals surface area contributed by atoms with Crippen molar-refractivity contribution in [1.29, 1.82) is 5.26 Å². The maximum atomic E-state index is 10.3. The van der Waals surface area contributed by atoms with E-state index in [1.807, 2.05) is 19.9 Å². The predicted molar refractivity (Wildman–Crippen MR) is 53.8 cm³/mol. The van der Waals surface area contributed by atoms with E-state index in [1.54, 1.807) is 12.1 Å². The van der Waals surface area contributed by atoms with Crippen molar-refractivity contribution in [2.24, 2.45) is 0 Å². The van der Waals surface area contributed by atoms with Gasteiger partial charge in [-0.15, -0.1) is 0 Å². The smallest absolute Gasteiger partial charge is 0.258 e. The summed E-state index contributed by atoms with van der Waals surface area (Å²) >= 11 is 0. The summed E-state index contributed by atoms with van der Waals surface area (Å²) in [5, 5.41) is 18.6. The maximum Gasteiger partial charge on any atom is 0.269 e. The largest absolute Gasteiger partial charge is 0.269 e. The molecular formula is C10H12N2O2. The van der Waals surface area contributed by atoms with Crippen molar-refractivity contribution in [3.8, 4) is 6.07 Å². The van der Waals surface area contributed by atoms with E-state index in [-0.39, 0.29) is 12.1 Å². The number of non-ortho nitro benzene ring substituents is 1. The second-order valence-corrected chi connectivity index (χ2v) is 2.26. The highest BCUT2D eigenvalue weighted by molar-refractivity contribution is 5.35. The lowest BCUT2D eigenvalue weighted by molar-refractivity contribution is -0.384. The Morgan fingerprint density at radius 1 is 1.50 bits per heavy atom. The number of benzene rings is 1. The molecule has 0 unspecified atom stereocenters. The molecule has 0 spiro atoms. The van der Waals surface area contributed by atoms with Crippen LogP contribution in [-0.4, -0.2) is 4.92 Å². The molecule has 0 fully saturated rings. The molecule has 1 aromatic rings.